The molecule has 1 atom stereocenters. The van der Waals surface area contributed by atoms with Crippen LogP contribution in [0.5, 0.6) is 0 Å². The van der Waals surface area contributed by atoms with Crippen LogP contribution in [0.1, 0.15) is 36.5 Å². The number of aryl methyl sites for hydroxylation is 1. The van der Waals surface area contributed by atoms with Crippen LogP contribution in [0.3, 0.4) is 0 Å². The molecule has 2 aliphatic rings. The van der Waals surface area contributed by atoms with E-state index in [1.807, 2.05) is 12.1 Å². The standard InChI is InChI=1S/C25H31N3O2/c1-2-19-8-10-22(11-9-19)28-17-13-23(25(28)30)24(29)26-14-5-15-27-16-12-20-6-3-4-7-21(20)18-27/h3-4,6-11,23H,2,5,12-18H2,1H3,(H,26,29)/t23-/m1/s1. The summed E-state index contributed by atoms with van der Waals surface area (Å²) in [5, 5.41) is 2.99. The van der Waals surface area contributed by atoms with E-state index in [4.69, 9.17) is 0 Å². The Bertz CT molecular complexity index is 894. The smallest absolute Gasteiger partial charge is 0.239 e. The fraction of sp³-hybridized carbons (Fsp3) is 0.440. The Balaban J connectivity index is 1.21. The van der Waals surface area contributed by atoms with Gasteiger partial charge in [-0.3, -0.25) is 14.5 Å². The molecule has 0 radical (unpaired) electrons. The fourth-order valence-electron chi connectivity index (χ4n) is 4.47. The van der Waals surface area contributed by atoms with Gasteiger partial charge in [0.15, 0.2) is 0 Å². The van der Waals surface area contributed by atoms with Crippen molar-refractivity contribution in [1.29, 1.82) is 0 Å². The molecule has 2 aromatic carbocycles. The first kappa shape index (κ1) is 20.6. The number of nitrogens with zero attached hydrogens (tertiary/aromatic N) is 2. The Morgan fingerprint density at radius 2 is 1.83 bits per heavy atom. The van der Waals surface area contributed by atoms with Crippen molar-refractivity contribution in [3.63, 3.8) is 0 Å². The van der Waals surface area contributed by atoms with Gasteiger partial charge in [0.25, 0.3) is 0 Å². The lowest BCUT2D eigenvalue weighted by Gasteiger charge is -2.28. The van der Waals surface area contributed by atoms with Crippen molar-refractivity contribution >= 4 is 17.5 Å². The van der Waals surface area contributed by atoms with Gasteiger partial charge in [-0.25, -0.2) is 0 Å². The number of carbonyl (C=O) groups excluding carboxylic acids is 2. The van der Waals surface area contributed by atoms with Gasteiger partial charge in [0.05, 0.1) is 0 Å². The second kappa shape index (κ2) is 9.43. The summed E-state index contributed by atoms with van der Waals surface area (Å²) >= 11 is 0. The van der Waals surface area contributed by atoms with Gasteiger partial charge in [0.1, 0.15) is 5.92 Å². The van der Waals surface area contributed by atoms with E-state index in [0.717, 1.165) is 44.6 Å². The molecule has 1 fully saturated rings. The number of nitrogens with one attached hydrogen (secondary N) is 1. The van der Waals surface area contributed by atoms with E-state index in [1.165, 1.54) is 16.7 Å². The third-order valence-corrected chi connectivity index (χ3v) is 6.34. The maximum atomic E-state index is 12.8. The molecule has 0 bridgehead atoms. The summed E-state index contributed by atoms with van der Waals surface area (Å²) in [4.78, 5) is 29.5. The van der Waals surface area contributed by atoms with Crippen molar-refractivity contribution < 1.29 is 9.59 Å². The minimum absolute atomic E-state index is 0.0793. The van der Waals surface area contributed by atoms with Crippen LogP contribution in [0.25, 0.3) is 0 Å². The molecule has 30 heavy (non-hydrogen) atoms. The van der Waals surface area contributed by atoms with Crippen molar-refractivity contribution in [2.45, 2.75) is 39.2 Å². The summed E-state index contributed by atoms with van der Waals surface area (Å²) in [7, 11) is 0. The highest BCUT2D eigenvalue weighted by molar-refractivity contribution is 6.09. The van der Waals surface area contributed by atoms with Crippen LogP contribution in [-0.2, 0) is 29.0 Å². The Labute approximate surface area is 179 Å². The minimum atomic E-state index is -0.558. The van der Waals surface area contributed by atoms with Crippen molar-refractivity contribution in [2.75, 3.05) is 31.1 Å². The zero-order valence-electron chi connectivity index (χ0n) is 17.8. The lowest BCUT2D eigenvalue weighted by Crippen LogP contribution is -2.38. The molecular formula is C25H31N3O2. The molecule has 0 spiro atoms. The molecule has 0 aromatic heterocycles. The number of fused-ring (bicyclic) bond motifs is 1. The number of hydrogen-bond acceptors (Lipinski definition) is 3. The SMILES string of the molecule is CCc1ccc(N2CC[C@H](C(=O)NCCCN3CCc4ccccc4C3)C2=O)cc1. The molecule has 0 aliphatic carbocycles. The molecule has 2 aliphatic heterocycles. The summed E-state index contributed by atoms with van der Waals surface area (Å²) < 4.78 is 0. The topological polar surface area (TPSA) is 52.7 Å². The average molecular weight is 406 g/mol. The van der Waals surface area contributed by atoms with Crippen molar-refractivity contribution in [2.24, 2.45) is 5.92 Å². The lowest BCUT2D eigenvalue weighted by molar-refractivity contribution is -0.132. The van der Waals surface area contributed by atoms with E-state index in [9.17, 15) is 9.59 Å². The van der Waals surface area contributed by atoms with E-state index >= 15 is 0 Å². The highest BCUT2D eigenvalue weighted by Crippen LogP contribution is 2.26. The van der Waals surface area contributed by atoms with E-state index in [1.54, 1.807) is 4.90 Å². The lowest BCUT2D eigenvalue weighted by atomic mass is 10.00. The first-order valence-electron chi connectivity index (χ1n) is 11.1. The summed E-state index contributed by atoms with van der Waals surface area (Å²) in [6, 6.07) is 16.7. The molecule has 0 saturated carbocycles. The van der Waals surface area contributed by atoms with Crippen LogP contribution in [0, 0.1) is 5.92 Å². The van der Waals surface area contributed by atoms with Crippen LogP contribution >= 0.6 is 0 Å². The zero-order chi connectivity index (χ0) is 20.9. The number of hydrogen-bond donors (Lipinski definition) is 1. The van der Waals surface area contributed by atoms with Gasteiger partial charge in [-0.2, -0.15) is 0 Å². The Hall–Kier alpha value is -2.66. The summed E-state index contributed by atoms with van der Waals surface area (Å²) in [5.41, 5.74) is 5.00. The highest BCUT2D eigenvalue weighted by atomic mass is 16.2. The quantitative estimate of drug-likeness (QED) is 0.569. The Kier molecular flexibility index (Phi) is 6.48. The summed E-state index contributed by atoms with van der Waals surface area (Å²) in [5.74, 6) is -0.765. The second-order valence-corrected chi connectivity index (χ2v) is 8.29. The van der Waals surface area contributed by atoms with Crippen LogP contribution in [-0.4, -0.2) is 42.9 Å². The Morgan fingerprint density at radius 1 is 1.07 bits per heavy atom. The van der Waals surface area contributed by atoms with Gasteiger partial charge >= 0.3 is 0 Å². The molecule has 0 unspecified atom stereocenters. The fourth-order valence-corrected chi connectivity index (χ4v) is 4.47. The zero-order valence-corrected chi connectivity index (χ0v) is 17.8. The number of amides is 2. The third-order valence-electron chi connectivity index (χ3n) is 6.34. The van der Waals surface area contributed by atoms with Crippen molar-refractivity contribution in [3.05, 3.63) is 65.2 Å². The minimum Gasteiger partial charge on any atom is -0.355 e. The normalized spacial score (nSPS) is 19.0. The molecule has 2 amide bonds. The molecule has 2 aromatic rings. The summed E-state index contributed by atoms with van der Waals surface area (Å²) in [6.45, 7) is 6.35. The van der Waals surface area contributed by atoms with Crippen molar-refractivity contribution in [3.8, 4) is 0 Å². The third kappa shape index (κ3) is 4.57. The molecule has 2 heterocycles. The molecular weight excluding hydrogens is 374 g/mol. The predicted molar refractivity (Wildman–Crippen MR) is 119 cm³/mol. The Morgan fingerprint density at radius 3 is 2.60 bits per heavy atom. The van der Waals surface area contributed by atoms with E-state index in [0.29, 0.717) is 19.5 Å². The molecule has 5 heteroatoms. The first-order valence-corrected chi connectivity index (χ1v) is 11.1. The van der Waals surface area contributed by atoms with Crippen LogP contribution in [0.4, 0.5) is 5.69 Å². The molecule has 158 valence electrons. The van der Waals surface area contributed by atoms with E-state index in [2.05, 4.69) is 53.5 Å². The maximum Gasteiger partial charge on any atom is 0.239 e. The predicted octanol–water partition coefficient (Wildman–Crippen LogP) is 3.17. The van der Waals surface area contributed by atoms with Gasteiger partial charge in [0, 0.05) is 38.4 Å². The van der Waals surface area contributed by atoms with Gasteiger partial charge in [0.2, 0.25) is 11.8 Å². The van der Waals surface area contributed by atoms with Gasteiger partial charge in [-0.15, -0.1) is 0 Å². The highest BCUT2D eigenvalue weighted by Gasteiger charge is 2.37. The van der Waals surface area contributed by atoms with Crippen molar-refractivity contribution in [1.82, 2.24) is 10.2 Å². The summed E-state index contributed by atoms with van der Waals surface area (Å²) in [6.07, 6.45) is 3.55. The van der Waals surface area contributed by atoms with Crippen LogP contribution in [0.15, 0.2) is 48.5 Å². The maximum absolute atomic E-state index is 12.8. The molecule has 4 rings (SSSR count). The number of benzene rings is 2. The monoisotopic (exact) mass is 405 g/mol. The molecule has 5 nitrogen and oxygen atoms in total. The van der Waals surface area contributed by atoms with Gasteiger partial charge in [-0.1, -0.05) is 43.3 Å². The van der Waals surface area contributed by atoms with Crippen LogP contribution < -0.4 is 10.2 Å². The number of anilines is 1. The van der Waals surface area contributed by atoms with Gasteiger partial charge < -0.3 is 10.2 Å². The first-order chi connectivity index (χ1) is 14.7. The number of carbonyl (C=O) groups is 2. The van der Waals surface area contributed by atoms with E-state index < -0.39 is 5.92 Å². The number of rotatable bonds is 7. The largest absolute Gasteiger partial charge is 0.355 e. The van der Waals surface area contributed by atoms with Gasteiger partial charge in [-0.05, 0) is 54.5 Å². The van der Waals surface area contributed by atoms with E-state index in [-0.39, 0.29) is 11.8 Å². The molecule has 1 N–H and O–H groups in total. The average Bonchev–Trinajstić information content (AvgIpc) is 3.18. The molecule has 1 saturated heterocycles. The second-order valence-electron chi connectivity index (χ2n) is 8.29. The van der Waals surface area contributed by atoms with Crippen LogP contribution in [0.2, 0.25) is 0 Å².